The molecule has 5 nitrogen and oxygen atoms in total. The summed E-state index contributed by atoms with van der Waals surface area (Å²) in [5, 5.41) is 6.70. The number of H-pyrrole nitrogens is 1. The van der Waals surface area contributed by atoms with Gasteiger partial charge in [-0.2, -0.15) is 4.98 Å². The van der Waals surface area contributed by atoms with Gasteiger partial charge in [-0.05, 0) is 25.3 Å². The highest BCUT2D eigenvalue weighted by atomic mass is 15.3. The lowest BCUT2D eigenvalue weighted by atomic mass is 9.96. The molecule has 72 valence electrons. The number of nitrogen functional groups attached to an aromatic ring is 1. The molecule has 0 aliphatic heterocycles. The van der Waals surface area contributed by atoms with Crippen LogP contribution in [0.5, 0.6) is 0 Å². The number of hydrogen-bond acceptors (Lipinski definition) is 4. The van der Waals surface area contributed by atoms with Gasteiger partial charge in [-0.15, -0.1) is 5.10 Å². The maximum atomic E-state index is 5.68. The minimum atomic E-state index is 0.331. The lowest BCUT2D eigenvalue weighted by Crippen LogP contribution is -2.18. The van der Waals surface area contributed by atoms with Gasteiger partial charge in [0.05, 0.1) is 0 Å². The third-order valence-corrected chi connectivity index (χ3v) is 2.83. The third-order valence-electron chi connectivity index (χ3n) is 2.83. The number of hydrogen-bond donors (Lipinski definition) is 3. The van der Waals surface area contributed by atoms with Crippen molar-refractivity contribution in [2.75, 3.05) is 12.3 Å². The molecule has 0 saturated heterocycles. The van der Waals surface area contributed by atoms with E-state index in [4.69, 9.17) is 11.5 Å². The van der Waals surface area contributed by atoms with E-state index in [2.05, 4.69) is 15.2 Å². The van der Waals surface area contributed by atoms with Crippen LogP contribution in [0.15, 0.2) is 0 Å². The first-order valence-electron chi connectivity index (χ1n) is 4.69. The van der Waals surface area contributed by atoms with E-state index in [1.54, 1.807) is 0 Å². The van der Waals surface area contributed by atoms with E-state index >= 15 is 0 Å². The summed E-state index contributed by atoms with van der Waals surface area (Å²) >= 11 is 0. The minimum Gasteiger partial charge on any atom is -0.367 e. The molecule has 1 saturated carbocycles. The summed E-state index contributed by atoms with van der Waals surface area (Å²) < 4.78 is 0. The molecule has 2 rings (SSSR count). The highest BCUT2D eigenvalue weighted by Gasteiger charge is 2.29. The van der Waals surface area contributed by atoms with E-state index < -0.39 is 0 Å². The molecular formula is C8H15N5. The normalized spacial score (nSPS) is 28.1. The van der Waals surface area contributed by atoms with Crippen LogP contribution in [0.4, 0.5) is 5.95 Å². The SMILES string of the molecule is NCC1CCCC1c1nc(N)n[nH]1. The summed E-state index contributed by atoms with van der Waals surface area (Å²) in [4.78, 5) is 4.15. The number of rotatable bonds is 2. The molecule has 1 aromatic rings. The first-order chi connectivity index (χ1) is 6.31. The summed E-state index contributed by atoms with van der Waals surface area (Å²) in [6.07, 6.45) is 3.57. The molecule has 0 amide bonds. The number of aromatic amines is 1. The van der Waals surface area contributed by atoms with Gasteiger partial charge in [-0.1, -0.05) is 6.42 Å². The fraction of sp³-hybridized carbons (Fsp3) is 0.750. The number of nitrogens with one attached hydrogen (secondary N) is 1. The van der Waals surface area contributed by atoms with Crippen LogP contribution in [0.2, 0.25) is 0 Å². The highest BCUT2D eigenvalue weighted by molar-refractivity contribution is 5.15. The molecule has 5 N–H and O–H groups in total. The summed E-state index contributed by atoms with van der Waals surface area (Å²) in [6.45, 7) is 0.727. The summed E-state index contributed by atoms with van der Waals surface area (Å²) in [6, 6.07) is 0. The summed E-state index contributed by atoms with van der Waals surface area (Å²) in [7, 11) is 0. The van der Waals surface area contributed by atoms with Crippen LogP contribution >= 0.6 is 0 Å². The zero-order chi connectivity index (χ0) is 9.26. The molecule has 2 atom stereocenters. The van der Waals surface area contributed by atoms with Crippen molar-refractivity contribution in [3.63, 3.8) is 0 Å². The van der Waals surface area contributed by atoms with Crippen molar-refractivity contribution in [2.45, 2.75) is 25.2 Å². The van der Waals surface area contributed by atoms with Crippen molar-refractivity contribution in [3.05, 3.63) is 5.82 Å². The Hall–Kier alpha value is -1.10. The predicted molar refractivity (Wildman–Crippen MR) is 49.9 cm³/mol. The molecule has 1 aliphatic carbocycles. The Morgan fingerprint density at radius 2 is 2.31 bits per heavy atom. The minimum absolute atomic E-state index is 0.331. The second kappa shape index (κ2) is 3.33. The number of aromatic nitrogens is 3. The van der Waals surface area contributed by atoms with Crippen molar-refractivity contribution in [2.24, 2.45) is 11.7 Å². The van der Waals surface area contributed by atoms with Gasteiger partial charge in [-0.3, -0.25) is 5.10 Å². The van der Waals surface area contributed by atoms with Crippen LogP contribution in [0, 0.1) is 5.92 Å². The molecule has 1 aromatic heterocycles. The molecule has 13 heavy (non-hydrogen) atoms. The van der Waals surface area contributed by atoms with Crippen LogP contribution < -0.4 is 11.5 Å². The molecule has 0 aromatic carbocycles. The first-order valence-corrected chi connectivity index (χ1v) is 4.69. The maximum Gasteiger partial charge on any atom is 0.239 e. The van der Waals surface area contributed by atoms with Crippen molar-refractivity contribution >= 4 is 5.95 Å². The molecule has 1 heterocycles. The molecule has 1 aliphatic rings. The van der Waals surface area contributed by atoms with Gasteiger partial charge in [0.1, 0.15) is 5.82 Å². The summed E-state index contributed by atoms with van der Waals surface area (Å²) in [5.74, 6) is 2.23. The Balaban J connectivity index is 2.15. The number of nitrogens with two attached hydrogens (primary N) is 2. The van der Waals surface area contributed by atoms with Crippen molar-refractivity contribution < 1.29 is 0 Å². The van der Waals surface area contributed by atoms with Crippen LogP contribution in [0.3, 0.4) is 0 Å². The fourth-order valence-electron chi connectivity index (χ4n) is 2.13. The molecule has 5 heteroatoms. The van der Waals surface area contributed by atoms with E-state index in [0.717, 1.165) is 18.8 Å². The molecule has 0 bridgehead atoms. The lowest BCUT2D eigenvalue weighted by molar-refractivity contribution is 0.478. The average Bonchev–Trinajstić information content (AvgIpc) is 2.71. The van der Waals surface area contributed by atoms with Gasteiger partial charge in [0.15, 0.2) is 0 Å². The van der Waals surface area contributed by atoms with Gasteiger partial charge < -0.3 is 11.5 Å². The standard InChI is InChI=1S/C8H15N5/c9-4-5-2-1-3-6(5)7-11-8(10)13-12-7/h5-6H,1-4,9H2,(H3,10,11,12,13). The van der Waals surface area contributed by atoms with E-state index in [1.807, 2.05) is 0 Å². The zero-order valence-electron chi connectivity index (χ0n) is 7.53. The van der Waals surface area contributed by atoms with E-state index in [0.29, 0.717) is 17.8 Å². The molecule has 0 spiro atoms. The topological polar surface area (TPSA) is 93.6 Å². The quantitative estimate of drug-likeness (QED) is 0.608. The van der Waals surface area contributed by atoms with E-state index in [1.165, 1.54) is 12.8 Å². The van der Waals surface area contributed by atoms with E-state index in [9.17, 15) is 0 Å². The number of nitrogens with zero attached hydrogens (tertiary/aromatic N) is 2. The third kappa shape index (κ3) is 1.51. The van der Waals surface area contributed by atoms with Crippen LogP contribution in [0.1, 0.15) is 31.0 Å². The Morgan fingerprint density at radius 1 is 1.46 bits per heavy atom. The Labute approximate surface area is 76.9 Å². The van der Waals surface area contributed by atoms with Crippen molar-refractivity contribution in [1.29, 1.82) is 0 Å². The first kappa shape index (κ1) is 8.50. The Bertz CT molecular complexity index is 282. The molecular weight excluding hydrogens is 166 g/mol. The second-order valence-corrected chi connectivity index (χ2v) is 3.61. The van der Waals surface area contributed by atoms with Crippen LogP contribution in [0.25, 0.3) is 0 Å². The highest BCUT2D eigenvalue weighted by Crippen LogP contribution is 2.37. The summed E-state index contributed by atoms with van der Waals surface area (Å²) in [5.41, 5.74) is 11.1. The number of anilines is 1. The van der Waals surface area contributed by atoms with E-state index in [-0.39, 0.29) is 0 Å². The molecule has 0 radical (unpaired) electrons. The zero-order valence-corrected chi connectivity index (χ0v) is 7.53. The average molecular weight is 181 g/mol. The monoisotopic (exact) mass is 181 g/mol. The van der Waals surface area contributed by atoms with Crippen LogP contribution in [-0.2, 0) is 0 Å². The van der Waals surface area contributed by atoms with Gasteiger partial charge in [0.2, 0.25) is 5.95 Å². The Kier molecular flexibility index (Phi) is 2.18. The van der Waals surface area contributed by atoms with Gasteiger partial charge >= 0.3 is 0 Å². The fourth-order valence-corrected chi connectivity index (χ4v) is 2.13. The largest absolute Gasteiger partial charge is 0.367 e. The Morgan fingerprint density at radius 3 is 2.92 bits per heavy atom. The van der Waals surface area contributed by atoms with Gasteiger partial charge in [-0.25, -0.2) is 0 Å². The van der Waals surface area contributed by atoms with Gasteiger partial charge in [0.25, 0.3) is 0 Å². The van der Waals surface area contributed by atoms with Gasteiger partial charge in [0, 0.05) is 5.92 Å². The second-order valence-electron chi connectivity index (χ2n) is 3.61. The molecule has 2 unspecified atom stereocenters. The predicted octanol–water partition coefficient (Wildman–Crippen LogP) is 0.229. The smallest absolute Gasteiger partial charge is 0.239 e. The van der Waals surface area contributed by atoms with Crippen molar-refractivity contribution in [1.82, 2.24) is 15.2 Å². The van der Waals surface area contributed by atoms with Crippen molar-refractivity contribution in [3.8, 4) is 0 Å². The molecule has 1 fully saturated rings. The lowest BCUT2D eigenvalue weighted by Gasteiger charge is -2.13. The maximum absolute atomic E-state index is 5.68. The van der Waals surface area contributed by atoms with Crippen LogP contribution in [-0.4, -0.2) is 21.7 Å².